The van der Waals surface area contributed by atoms with Crippen LogP contribution < -0.4 is 0 Å². The highest BCUT2D eigenvalue weighted by Gasteiger charge is 2.30. The molecule has 1 aliphatic heterocycles. The van der Waals surface area contributed by atoms with Crippen LogP contribution in [0, 0.1) is 10.1 Å². The Morgan fingerprint density at radius 1 is 1.08 bits per heavy atom. The molecule has 0 radical (unpaired) electrons. The average molecular weight is 335 g/mol. The van der Waals surface area contributed by atoms with E-state index in [2.05, 4.69) is 0 Å². The van der Waals surface area contributed by atoms with Crippen LogP contribution >= 0.6 is 0 Å². The summed E-state index contributed by atoms with van der Waals surface area (Å²) in [6.45, 7) is 6.66. The predicted molar refractivity (Wildman–Crippen MR) is 86.8 cm³/mol. The van der Waals surface area contributed by atoms with Crippen molar-refractivity contribution in [2.45, 2.75) is 26.4 Å². The quantitative estimate of drug-likeness (QED) is 0.610. The number of amides is 2. The molecule has 1 aromatic carbocycles. The maximum absolute atomic E-state index is 12.5. The second kappa shape index (κ2) is 6.86. The monoisotopic (exact) mass is 335 g/mol. The number of nitro benzene ring substituents is 1. The van der Waals surface area contributed by atoms with Crippen molar-refractivity contribution in [1.29, 1.82) is 0 Å². The molecule has 0 atom stereocenters. The molecular formula is C16H21N3O5. The van der Waals surface area contributed by atoms with Crippen LogP contribution in [0.5, 0.6) is 0 Å². The van der Waals surface area contributed by atoms with Crippen molar-refractivity contribution in [2.24, 2.45) is 0 Å². The van der Waals surface area contributed by atoms with Crippen molar-refractivity contribution in [1.82, 2.24) is 9.80 Å². The smallest absolute Gasteiger partial charge is 0.410 e. The van der Waals surface area contributed by atoms with E-state index in [4.69, 9.17) is 4.74 Å². The zero-order valence-corrected chi connectivity index (χ0v) is 14.0. The van der Waals surface area contributed by atoms with E-state index in [0.29, 0.717) is 26.2 Å². The van der Waals surface area contributed by atoms with Crippen LogP contribution in [0.1, 0.15) is 31.1 Å². The van der Waals surface area contributed by atoms with Crippen molar-refractivity contribution in [3.63, 3.8) is 0 Å². The minimum Gasteiger partial charge on any atom is -0.444 e. The van der Waals surface area contributed by atoms with Crippen LogP contribution in [0.15, 0.2) is 24.3 Å². The highest BCUT2D eigenvalue weighted by Crippen LogP contribution is 2.20. The number of nitrogens with zero attached hydrogens (tertiary/aromatic N) is 3. The van der Waals surface area contributed by atoms with Gasteiger partial charge in [-0.3, -0.25) is 14.9 Å². The highest BCUT2D eigenvalue weighted by atomic mass is 16.6. The molecule has 1 aromatic rings. The fourth-order valence-electron chi connectivity index (χ4n) is 2.40. The van der Waals surface area contributed by atoms with Gasteiger partial charge in [-0.2, -0.15) is 0 Å². The molecule has 2 amide bonds. The maximum Gasteiger partial charge on any atom is 0.410 e. The Bertz CT molecular complexity index is 645. The fourth-order valence-corrected chi connectivity index (χ4v) is 2.40. The molecule has 0 saturated carbocycles. The SMILES string of the molecule is CC(C)(C)OC(=O)N1CCN(C(=O)c2ccccc2[N+](=O)[O-])CC1. The number of hydrogen-bond acceptors (Lipinski definition) is 5. The van der Waals surface area contributed by atoms with Gasteiger partial charge in [0.1, 0.15) is 11.2 Å². The molecule has 0 aromatic heterocycles. The molecule has 1 saturated heterocycles. The van der Waals surface area contributed by atoms with Gasteiger partial charge in [0.15, 0.2) is 0 Å². The Balaban J connectivity index is 2.01. The normalized spacial score (nSPS) is 15.1. The molecule has 0 N–H and O–H groups in total. The molecule has 1 heterocycles. The van der Waals surface area contributed by atoms with Crippen molar-refractivity contribution in [3.8, 4) is 0 Å². The minimum absolute atomic E-state index is 0.0632. The second-order valence-corrected chi connectivity index (χ2v) is 6.53. The number of carbonyl (C=O) groups is 2. The molecule has 0 aliphatic carbocycles. The van der Waals surface area contributed by atoms with Gasteiger partial charge in [-0.15, -0.1) is 0 Å². The number of nitro groups is 1. The zero-order chi connectivity index (χ0) is 17.9. The van der Waals surface area contributed by atoms with E-state index in [-0.39, 0.29) is 11.3 Å². The Morgan fingerprint density at radius 3 is 2.17 bits per heavy atom. The molecule has 8 heteroatoms. The first-order valence-corrected chi connectivity index (χ1v) is 7.69. The summed E-state index contributed by atoms with van der Waals surface area (Å²) in [6, 6.07) is 5.87. The third-order valence-corrected chi connectivity index (χ3v) is 3.55. The molecule has 8 nitrogen and oxygen atoms in total. The summed E-state index contributed by atoms with van der Waals surface area (Å²) in [5, 5.41) is 11.0. The van der Waals surface area contributed by atoms with E-state index in [9.17, 15) is 19.7 Å². The summed E-state index contributed by atoms with van der Waals surface area (Å²) in [4.78, 5) is 38.1. The Morgan fingerprint density at radius 2 is 1.62 bits per heavy atom. The lowest BCUT2D eigenvalue weighted by Crippen LogP contribution is -2.51. The molecule has 2 rings (SSSR count). The Hall–Kier alpha value is -2.64. The van der Waals surface area contributed by atoms with Crippen LogP contribution in [0.3, 0.4) is 0 Å². The van der Waals surface area contributed by atoms with Gasteiger partial charge in [-0.25, -0.2) is 4.79 Å². The molecule has 0 spiro atoms. The van der Waals surface area contributed by atoms with Crippen molar-refractivity contribution >= 4 is 17.7 Å². The molecule has 1 fully saturated rings. The average Bonchev–Trinajstić information content (AvgIpc) is 2.52. The lowest BCUT2D eigenvalue weighted by Gasteiger charge is -2.35. The summed E-state index contributed by atoms with van der Waals surface area (Å²) in [7, 11) is 0. The first-order chi connectivity index (χ1) is 11.2. The fraction of sp³-hybridized carbons (Fsp3) is 0.500. The summed E-state index contributed by atoms with van der Waals surface area (Å²) in [6.07, 6.45) is -0.416. The molecular weight excluding hydrogens is 314 g/mol. The van der Waals surface area contributed by atoms with Gasteiger partial charge in [0, 0.05) is 32.2 Å². The van der Waals surface area contributed by atoms with E-state index in [0.717, 1.165) is 0 Å². The number of benzene rings is 1. The summed E-state index contributed by atoms with van der Waals surface area (Å²) < 4.78 is 5.30. The van der Waals surface area contributed by atoms with Crippen LogP contribution in [-0.4, -0.2) is 58.5 Å². The van der Waals surface area contributed by atoms with Crippen LogP contribution in [-0.2, 0) is 4.74 Å². The molecule has 0 unspecified atom stereocenters. The first kappa shape index (κ1) is 17.7. The van der Waals surface area contributed by atoms with Gasteiger partial charge in [-0.05, 0) is 26.8 Å². The second-order valence-electron chi connectivity index (χ2n) is 6.53. The van der Waals surface area contributed by atoms with Gasteiger partial charge in [-0.1, -0.05) is 12.1 Å². The standard InChI is InChI=1S/C16H21N3O5/c1-16(2,3)24-15(21)18-10-8-17(9-11-18)14(20)12-6-4-5-7-13(12)19(22)23/h4-7H,8-11H2,1-3H3. The van der Waals surface area contributed by atoms with Crippen LogP contribution in [0.4, 0.5) is 10.5 Å². The number of rotatable bonds is 2. The molecule has 24 heavy (non-hydrogen) atoms. The number of carbonyl (C=O) groups excluding carboxylic acids is 2. The minimum atomic E-state index is -0.575. The van der Waals surface area contributed by atoms with Crippen LogP contribution in [0.2, 0.25) is 0 Å². The zero-order valence-electron chi connectivity index (χ0n) is 14.0. The molecule has 0 bridgehead atoms. The van der Waals surface area contributed by atoms with Gasteiger partial charge >= 0.3 is 6.09 Å². The van der Waals surface area contributed by atoms with E-state index in [1.165, 1.54) is 28.0 Å². The van der Waals surface area contributed by atoms with Crippen molar-refractivity contribution in [2.75, 3.05) is 26.2 Å². The molecule has 130 valence electrons. The maximum atomic E-state index is 12.5. The van der Waals surface area contributed by atoms with Gasteiger partial charge in [0.25, 0.3) is 11.6 Å². The topological polar surface area (TPSA) is 93.0 Å². The van der Waals surface area contributed by atoms with Gasteiger partial charge < -0.3 is 14.5 Å². The summed E-state index contributed by atoms with van der Waals surface area (Å²) in [5.41, 5.74) is -0.723. The van der Waals surface area contributed by atoms with E-state index in [1.807, 2.05) is 0 Å². The van der Waals surface area contributed by atoms with E-state index >= 15 is 0 Å². The number of para-hydroxylation sites is 1. The van der Waals surface area contributed by atoms with Gasteiger partial charge in [0.2, 0.25) is 0 Å². The number of hydrogen-bond donors (Lipinski definition) is 0. The lowest BCUT2D eigenvalue weighted by molar-refractivity contribution is -0.385. The number of ether oxygens (including phenoxy) is 1. The molecule has 1 aliphatic rings. The predicted octanol–water partition coefficient (Wildman–Crippen LogP) is 2.29. The third-order valence-electron chi connectivity index (χ3n) is 3.55. The summed E-state index contributed by atoms with van der Waals surface area (Å²) >= 11 is 0. The highest BCUT2D eigenvalue weighted by molar-refractivity contribution is 5.98. The lowest BCUT2D eigenvalue weighted by atomic mass is 10.1. The summed E-state index contributed by atoms with van der Waals surface area (Å²) in [5.74, 6) is -0.397. The largest absolute Gasteiger partial charge is 0.444 e. The van der Waals surface area contributed by atoms with E-state index in [1.54, 1.807) is 26.8 Å². The van der Waals surface area contributed by atoms with Crippen LogP contribution in [0.25, 0.3) is 0 Å². The van der Waals surface area contributed by atoms with Crippen molar-refractivity contribution < 1.29 is 19.2 Å². The number of piperazine rings is 1. The first-order valence-electron chi connectivity index (χ1n) is 7.69. The van der Waals surface area contributed by atoms with E-state index < -0.39 is 22.5 Å². The Labute approximate surface area is 140 Å². The van der Waals surface area contributed by atoms with Crippen molar-refractivity contribution in [3.05, 3.63) is 39.9 Å². The third kappa shape index (κ3) is 4.21. The van der Waals surface area contributed by atoms with Gasteiger partial charge in [0.05, 0.1) is 4.92 Å². The Kier molecular flexibility index (Phi) is 5.06.